The van der Waals surface area contributed by atoms with Crippen molar-refractivity contribution in [2.24, 2.45) is 0 Å². The fraction of sp³-hybridized carbons (Fsp3) is 0.714. The molecule has 0 unspecified atom stereocenters. The highest BCUT2D eigenvalue weighted by molar-refractivity contribution is 7.91. The summed E-state index contributed by atoms with van der Waals surface area (Å²) in [5.74, 6) is -0.888. The summed E-state index contributed by atoms with van der Waals surface area (Å²) >= 11 is 0. The van der Waals surface area contributed by atoms with Crippen LogP contribution < -0.4 is 5.32 Å². The fourth-order valence-electron chi connectivity index (χ4n) is 1.60. The Morgan fingerprint density at radius 3 is 2.21 bits per heavy atom. The molecule has 7 heteroatoms. The number of hydrogen-bond donors (Lipinski definition) is 0. The Bertz CT molecular complexity index is 384. The SMILES string of the molecule is O=C1[N]C(=O)C2(CCS(=O)(=O)CC2)O1. The van der Waals surface area contributed by atoms with Crippen molar-refractivity contribution in [1.29, 1.82) is 0 Å². The number of rotatable bonds is 0. The monoisotopic (exact) mass is 218 g/mol. The molecule has 14 heavy (non-hydrogen) atoms. The van der Waals surface area contributed by atoms with E-state index in [4.69, 9.17) is 4.74 Å². The molecule has 0 aromatic carbocycles. The van der Waals surface area contributed by atoms with Crippen LogP contribution >= 0.6 is 0 Å². The second-order valence-electron chi connectivity index (χ2n) is 3.43. The first-order valence-corrected chi connectivity index (χ1v) is 5.95. The molecule has 0 saturated carbocycles. The lowest BCUT2D eigenvalue weighted by Crippen LogP contribution is -2.45. The van der Waals surface area contributed by atoms with Crippen molar-refractivity contribution in [3.05, 3.63) is 0 Å². The molecule has 0 aliphatic carbocycles. The maximum absolute atomic E-state index is 11.3. The average Bonchev–Trinajstić information content (AvgIpc) is 2.35. The molecule has 1 spiro atoms. The largest absolute Gasteiger partial charge is 0.437 e. The maximum Gasteiger partial charge on any atom is 0.437 e. The van der Waals surface area contributed by atoms with Gasteiger partial charge in [-0.3, -0.25) is 4.79 Å². The van der Waals surface area contributed by atoms with Crippen LogP contribution in [0.2, 0.25) is 0 Å². The number of carbonyl (C=O) groups excluding carboxylic acids is 2. The number of imide groups is 1. The zero-order valence-corrected chi connectivity index (χ0v) is 8.04. The molecular weight excluding hydrogens is 210 g/mol. The number of amides is 2. The van der Waals surface area contributed by atoms with Gasteiger partial charge in [0.05, 0.1) is 11.5 Å². The van der Waals surface area contributed by atoms with E-state index in [1.165, 1.54) is 0 Å². The molecular formula is C7H8NO5S. The number of carbonyl (C=O) groups is 2. The van der Waals surface area contributed by atoms with Gasteiger partial charge >= 0.3 is 6.09 Å². The lowest BCUT2D eigenvalue weighted by Gasteiger charge is -2.27. The molecule has 0 aromatic rings. The van der Waals surface area contributed by atoms with Gasteiger partial charge in [-0.25, -0.2) is 13.2 Å². The zero-order chi connectivity index (χ0) is 10.4. The first kappa shape index (κ1) is 9.45. The normalized spacial score (nSPS) is 28.6. The molecule has 0 N–H and O–H groups in total. The Morgan fingerprint density at radius 1 is 1.21 bits per heavy atom. The molecule has 0 bridgehead atoms. The number of hydrogen-bond acceptors (Lipinski definition) is 5. The molecule has 0 atom stereocenters. The number of nitrogens with zero attached hydrogens (tertiary/aromatic N) is 1. The lowest BCUT2D eigenvalue weighted by molar-refractivity contribution is -0.132. The summed E-state index contributed by atoms with van der Waals surface area (Å²) in [5, 5.41) is 3.12. The second kappa shape index (κ2) is 2.69. The topological polar surface area (TPSA) is 91.6 Å². The van der Waals surface area contributed by atoms with Crippen LogP contribution in [0.5, 0.6) is 0 Å². The van der Waals surface area contributed by atoms with Gasteiger partial charge in [-0.05, 0) is 0 Å². The number of ether oxygens (including phenoxy) is 1. The molecule has 2 rings (SSSR count). The third kappa shape index (κ3) is 1.37. The standard InChI is InChI=1S/C7H8NO5S/c9-5-7(13-6(10)8-5)1-3-14(11,12)4-2-7/h1-4H2. The van der Waals surface area contributed by atoms with Crippen molar-refractivity contribution < 1.29 is 22.7 Å². The second-order valence-corrected chi connectivity index (χ2v) is 5.73. The highest BCUT2D eigenvalue weighted by atomic mass is 32.2. The summed E-state index contributed by atoms with van der Waals surface area (Å²) in [5.41, 5.74) is -1.28. The maximum atomic E-state index is 11.3. The quantitative estimate of drug-likeness (QED) is 0.531. The van der Waals surface area contributed by atoms with Gasteiger partial charge in [-0.2, -0.15) is 0 Å². The minimum absolute atomic E-state index is 0.0312. The Balaban J connectivity index is 2.21. The van der Waals surface area contributed by atoms with Crippen LogP contribution in [0.25, 0.3) is 0 Å². The molecule has 2 amide bonds. The van der Waals surface area contributed by atoms with Gasteiger partial charge in [-0.15, -0.1) is 5.32 Å². The zero-order valence-electron chi connectivity index (χ0n) is 7.23. The lowest BCUT2D eigenvalue weighted by atomic mass is 9.96. The van der Waals surface area contributed by atoms with E-state index < -0.39 is 27.4 Å². The highest BCUT2D eigenvalue weighted by Crippen LogP contribution is 2.31. The Hall–Kier alpha value is -1.11. The van der Waals surface area contributed by atoms with Crippen LogP contribution in [0.3, 0.4) is 0 Å². The summed E-state index contributed by atoms with van der Waals surface area (Å²) < 4.78 is 27.0. The van der Waals surface area contributed by atoms with Crippen molar-refractivity contribution in [3.8, 4) is 0 Å². The van der Waals surface area contributed by atoms with E-state index >= 15 is 0 Å². The van der Waals surface area contributed by atoms with Crippen LogP contribution in [-0.4, -0.2) is 37.5 Å². The van der Waals surface area contributed by atoms with Crippen LogP contribution in [0.1, 0.15) is 12.8 Å². The van der Waals surface area contributed by atoms with E-state index in [9.17, 15) is 18.0 Å². The van der Waals surface area contributed by atoms with Gasteiger partial charge in [0.1, 0.15) is 0 Å². The van der Waals surface area contributed by atoms with Crippen LogP contribution in [0.15, 0.2) is 0 Å². The third-order valence-electron chi connectivity index (χ3n) is 2.50. The van der Waals surface area contributed by atoms with Crippen LogP contribution in [-0.2, 0) is 19.4 Å². The summed E-state index contributed by atoms with van der Waals surface area (Å²) in [6.07, 6.45) is -0.846. The van der Waals surface area contributed by atoms with Gasteiger partial charge in [0.15, 0.2) is 15.4 Å². The van der Waals surface area contributed by atoms with E-state index in [0.717, 1.165) is 0 Å². The van der Waals surface area contributed by atoms with Gasteiger partial charge in [0.2, 0.25) is 0 Å². The minimum Gasteiger partial charge on any atom is -0.431 e. The van der Waals surface area contributed by atoms with E-state index in [-0.39, 0.29) is 24.3 Å². The van der Waals surface area contributed by atoms with Crippen molar-refractivity contribution in [3.63, 3.8) is 0 Å². The Labute approximate surface area is 80.5 Å². The molecule has 6 nitrogen and oxygen atoms in total. The Kier molecular flexibility index (Phi) is 1.82. The summed E-state index contributed by atoms with van der Waals surface area (Å²) in [7, 11) is -3.07. The van der Waals surface area contributed by atoms with Crippen molar-refractivity contribution in [1.82, 2.24) is 5.32 Å². The molecule has 2 aliphatic rings. The molecule has 2 fully saturated rings. The molecule has 1 radical (unpaired) electrons. The smallest absolute Gasteiger partial charge is 0.431 e. The molecule has 0 aromatic heterocycles. The van der Waals surface area contributed by atoms with E-state index in [0.29, 0.717) is 0 Å². The molecule has 2 saturated heterocycles. The predicted octanol–water partition coefficient (Wildman–Crippen LogP) is -0.785. The third-order valence-corrected chi connectivity index (χ3v) is 4.15. The van der Waals surface area contributed by atoms with Gasteiger partial charge in [0, 0.05) is 12.8 Å². The van der Waals surface area contributed by atoms with Crippen molar-refractivity contribution in [2.75, 3.05) is 11.5 Å². The molecule has 2 aliphatic heterocycles. The van der Waals surface area contributed by atoms with E-state index in [2.05, 4.69) is 5.32 Å². The summed E-state index contributed by atoms with van der Waals surface area (Å²) in [6.45, 7) is 0. The molecule has 77 valence electrons. The first-order valence-electron chi connectivity index (χ1n) is 4.13. The van der Waals surface area contributed by atoms with Gasteiger partial charge < -0.3 is 4.74 Å². The van der Waals surface area contributed by atoms with Crippen LogP contribution in [0, 0.1) is 0 Å². The summed E-state index contributed by atoms with van der Waals surface area (Å²) in [6, 6.07) is 0. The first-order chi connectivity index (χ1) is 6.44. The highest BCUT2D eigenvalue weighted by Gasteiger charge is 2.53. The average molecular weight is 218 g/mol. The van der Waals surface area contributed by atoms with E-state index in [1.54, 1.807) is 0 Å². The van der Waals surface area contributed by atoms with Crippen molar-refractivity contribution >= 4 is 21.8 Å². The van der Waals surface area contributed by atoms with Gasteiger partial charge in [0.25, 0.3) is 5.91 Å². The molecule has 2 heterocycles. The minimum atomic E-state index is -3.07. The Morgan fingerprint density at radius 2 is 1.79 bits per heavy atom. The fourth-order valence-corrected chi connectivity index (χ4v) is 3.09. The number of sulfone groups is 1. The van der Waals surface area contributed by atoms with E-state index in [1.807, 2.05) is 0 Å². The summed E-state index contributed by atoms with van der Waals surface area (Å²) in [4.78, 5) is 22.0. The van der Waals surface area contributed by atoms with Gasteiger partial charge in [-0.1, -0.05) is 0 Å². The van der Waals surface area contributed by atoms with Crippen LogP contribution in [0.4, 0.5) is 4.79 Å². The predicted molar refractivity (Wildman–Crippen MR) is 44.2 cm³/mol. The van der Waals surface area contributed by atoms with Crippen molar-refractivity contribution in [2.45, 2.75) is 18.4 Å².